The van der Waals surface area contributed by atoms with E-state index in [0.29, 0.717) is 50.5 Å². The van der Waals surface area contributed by atoms with Crippen LogP contribution in [0.1, 0.15) is 83.5 Å². The predicted molar refractivity (Wildman–Crippen MR) is 153 cm³/mol. The number of unbranched alkanes of at least 4 members (excludes halogenated alkanes) is 2. The standard InChI is InChI=1S/C30H53N3O5/c1-7-8-15-32-30(36)25(22(4)5)19-27(34)26(31)18-23(21(2)3)20-33-29(35)24-13-9-10-14-28(24)38-17-12-11-16-37-6/h9-10,13-14,21-23,25-27,34H,7-8,11-12,15-20,31H2,1-6H3,(H,32,36)(H,33,35)/t23-,25+,26+,27+/m1/s1. The molecule has 8 heteroatoms. The number of nitrogens with one attached hydrogen (secondary N) is 2. The van der Waals surface area contributed by atoms with Crippen molar-refractivity contribution in [2.75, 3.05) is 33.4 Å². The molecule has 1 aromatic carbocycles. The second-order valence-electron chi connectivity index (χ2n) is 11.0. The summed E-state index contributed by atoms with van der Waals surface area (Å²) in [6.07, 6.45) is 3.75. The molecule has 0 heterocycles. The van der Waals surface area contributed by atoms with Gasteiger partial charge in [-0.15, -0.1) is 0 Å². The van der Waals surface area contributed by atoms with Crippen LogP contribution >= 0.6 is 0 Å². The predicted octanol–water partition coefficient (Wildman–Crippen LogP) is 4.15. The largest absolute Gasteiger partial charge is 0.493 e. The van der Waals surface area contributed by atoms with Gasteiger partial charge in [0.15, 0.2) is 0 Å². The Bertz CT molecular complexity index is 802. The number of rotatable bonds is 20. The number of methoxy groups -OCH3 is 1. The summed E-state index contributed by atoms with van der Waals surface area (Å²) in [5, 5.41) is 16.9. The van der Waals surface area contributed by atoms with Gasteiger partial charge in [-0.25, -0.2) is 0 Å². The average Bonchev–Trinajstić information content (AvgIpc) is 2.88. The SMILES string of the molecule is CCCCNC(=O)[C@@H](C[C@H](O)[C@@H](N)C[C@H](CNC(=O)c1ccccc1OCCCCOC)C(C)C)C(C)C. The van der Waals surface area contributed by atoms with Gasteiger partial charge in [-0.05, 0) is 62.0 Å². The molecule has 38 heavy (non-hydrogen) atoms. The highest BCUT2D eigenvalue weighted by atomic mass is 16.5. The lowest BCUT2D eigenvalue weighted by Crippen LogP contribution is -2.44. The maximum Gasteiger partial charge on any atom is 0.255 e. The lowest BCUT2D eigenvalue weighted by molar-refractivity contribution is -0.127. The van der Waals surface area contributed by atoms with Crippen LogP contribution in [-0.4, -0.2) is 62.5 Å². The summed E-state index contributed by atoms with van der Waals surface area (Å²) in [4.78, 5) is 25.7. The van der Waals surface area contributed by atoms with Crippen molar-refractivity contribution in [3.8, 4) is 5.75 Å². The fourth-order valence-corrected chi connectivity index (χ4v) is 4.36. The number of aliphatic hydroxyl groups excluding tert-OH is 1. The van der Waals surface area contributed by atoms with Gasteiger partial charge >= 0.3 is 0 Å². The summed E-state index contributed by atoms with van der Waals surface area (Å²) in [7, 11) is 1.68. The van der Waals surface area contributed by atoms with Crippen LogP contribution in [0.5, 0.6) is 5.75 Å². The highest BCUT2D eigenvalue weighted by Crippen LogP contribution is 2.24. The van der Waals surface area contributed by atoms with E-state index in [2.05, 4.69) is 31.4 Å². The van der Waals surface area contributed by atoms with Crippen molar-refractivity contribution in [3.63, 3.8) is 0 Å². The highest BCUT2D eigenvalue weighted by molar-refractivity contribution is 5.96. The third kappa shape index (κ3) is 12.6. The molecule has 0 saturated heterocycles. The van der Waals surface area contributed by atoms with Crippen LogP contribution in [0, 0.1) is 23.7 Å². The van der Waals surface area contributed by atoms with Gasteiger partial charge in [0.2, 0.25) is 5.91 Å². The quantitative estimate of drug-likeness (QED) is 0.186. The van der Waals surface area contributed by atoms with Gasteiger partial charge in [-0.2, -0.15) is 0 Å². The normalized spacial score (nSPS) is 14.7. The number of hydrogen-bond donors (Lipinski definition) is 4. The highest BCUT2D eigenvalue weighted by Gasteiger charge is 2.29. The minimum absolute atomic E-state index is 0.0213. The lowest BCUT2D eigenvalue weighted by atomic mass is 9.83. The van der Waals surface area contributed by atoms with Crippen molar-refractivity contribution in [1.82, 2.24) is 10.6 Å². The van der Waals surface area contributed by atoms with Crippen LogP contribution in [0.15, 0.2) is 24.3 Å². The summed E-state index contributed by atoms with van der Waals surface area (Å²) in [6, 6.07) is 6.75. The van der Waals surface area contributed by atoms with E-state index in [9.17, 15) is 14.7 Å². The number of amides is 2. The Kier molecular flexibility index (Phi) is 16.9. The second kappa shape index (κ2) is 19.0. The van der Waals surface area contributed by atoms with Gasteiger partial charge in [0.05, 0.1) is 18.3 Å². The number of ether oxygens (including phenoxy) is 2. The zero-order valence-electron chi connectivity index (χ0n) is 24.5. The Morgan fingerprint density at radius 3 is 2.29 bits per heavy atom. The van der Waals surface area contributed by atoms with Crippen LogP contribution < -0.4 is 21.1 Å². The molecule has 0 aliphatic carbocycles. The minimum atomic E-state index is -0.802. The number of carbonyl (C=O) groups excluding carboxylic acids is 2. The van der Waals surface area contributed by atoms with Gasteiger partial charge < -0.3 is 30.9 Å². The molecule has 0 spiro atoms. The third-order valence-corrected chi connectivity index (χ3v) is 7.14. The first kappa shape index (κ1) is 33.9. The topological polar surface area (TPSA) is 123 Å². The monoisotopic (exact) mass is 535 g/mol. The number of hydrogen-bond acceptors (Lipinski definition) is 6. The van der Waals surface area contributed by atoms with Crippen molar-refractivity contribution >= 4 is 11.8 Å². The first-order valence-corrected chi connectivity index (χ1v) is 14.3. The van der Waals surface area contributed by atoms with Crippen LogP contribution in [0.4, 0.5) is 0 Å². The number of benzene rings is 1. The lowest BCUT2D eigenvalue weighted by Gasteiger charge is -2.30. The summed E-state index contributed by atoms with van der Waals surface area (Å²) < 4.78 is 10.9. The van der Waals surface area contributed by atoms with E-state index in [1.807, 2.05) is 26.0 Å². The molecule has 8 nitrogen and oxygen atoms in total. The zero-order chi connectivity index (χ0) is 28.5. The van der Waals surface area contributed by atoms with Crippen molar-refractivity contribution in [3.05, 3.63) is 29.8 Å². The fourth-order valence-electron chi connectivity index (χ4n) is 4.36. The summed E-state index contributed by atoms with van der Waals surface area (Å²) >= 11 is 0. The molecular weight excluding hydrogens is 482 g/mol. The number of aliphatic hydroxyl groups is 1. The van der Waals surface area contributed by atoms with Crippen LogP contribution in [0.3, 0.4) is 0 Å². The summed E-state index contributed by atoms with van der Waals surface area (Å²) in [5.74, 6) is 0.470. The Hall–Kier alpha value is -2.16. The van der Waals surface area contributed by atoms with Crippen molar-refractivity contribution in [2.45, 2.75) is 85.3 Å². The molecule has 0 unspecified atom stereocenters. The average molecular weight is 536 g/mol. The maximum atomic E-state index is 13.0. The second-order valence-corrected chi connectivity index (χ2v) is 11.0. The summed E-state index contributed by atoms with van der Waals surface area (Å²) in [5.41, 5.74) is 6.93. The summed E-state index contributed by atoms with van der Waals surface area (Å²) in [6.45, 7) is 12.5. The van der Waals surface area contributed by atoms with Gasteiger partial charge in [-0.1, -0.05) is 53.2 Å². The number of nitrogens with two attached hydrogens (primary N) is 1. The van der Waals surface area contributed by atoms with E-state index >= 15 is 0 Å². The van der Waals surface area contributed by atoms with Crippen molar-refractivity contribution in [1.29, 1.82) is 0 Å². The zero-order valence-corrected chi connectivity index (χ0v) is 24.5. The third-order valence-electron chi connectivity index (χ3n) is 7.14. The smallest absolute Gasteiger partial charge is 0.255 e. The molecule has 218 valence electrons. The molecule has 0 fully saturated rings. The number of carbonyl (C=O) groups is 2. The van der Waals surface area contributed by atoms with Crippen LogP contribution in [0.25, 0.3) is 0 Å². The molecule has 0 aromatic heterocycles. The minimum Gasteiger partial charge on any atom is -0.493 e. The van der Waals surface area contributed by atoms with Crippen LogP contribution in [0.2, 0.25) is 0 Å². The van der Waals surface area contributed by atoms with E-state index in [4.69, 9.17) is 15.2 Å². The van der Waals surface area contributed by atoms with Gasteiger partial charge in [-0.3, -0.25) is 9.59 Å². The van der Waals surface area contributed by atoms with Gasteiger partial charge in [0.25, 0.3) is 5.91 Å². The molecule has 0 aliphatic rings. The molecule has 1 rings (SSSR count). The molecule has 1 aromatic rings. The van der Waals surface area contributed by atoms with Gasteiger partial charge in [0.1, 0.15) is 5.75 Å². The van der Waals surface area contributed by atoms with Crippen molar-refractivity contribution < 1.29 is 24.2 Å². The first-order valence-electron chi connectivity index (χ1n) is 14.3. The molecule has 0 saturated carbocycles. The van der Waals surface area contributed by atoms with E-state index < -0.39 is 12.1 Å². The Balaban J connectivity index is 2.70. The number of para-hydroxylation sites is 1. The van der Waals surface area contributed by atoms with Gasteiger partial charge in [0, 0.05) is 38.8 Å². The fraction of sp³-hybridized carbons (Fsp3) is 0.733. The molecule has 5 N–H and O–H groups in total. The Morgan fingerprint density at radius 1 is 0.974 bits per heavy atom. The van der Waals surface area contributed by atoms with E-state index in [1.165, 1.54) is 0 Å². The molecule has 0 radical (unpaired) electrons. The van der Waals surface area contributed by atoms with E-state index in [1.54, 1.807) is 19.2 Å². The molecule has 4 atom stereocenters. The first-order chi connectivity index (χ1) is 18.1. The Labute approximate surface area is 230 Å². The molecular formula is C30H53N3O5. The van der Waals surface area contributed by atoms with Crippen LogP contribution in [-0.2, 0) is 9.53 Å². The van der Waals surface area contributed by atoms with E-state index in [-0.39, 0.29) is 35.5 Å². The van der Waals surface area contributed by atoms with Crippen molar-refractivity contribution in [2.24, 2.45) is 29.4 Å². The molecule has 2 amide bonds. The molecule has 0 bridgehead atoms. The maximum absolute atomic E-state index is 13.0. The van der Waals surface area contributed by atoms with E-state index in [0.717, 1.165) is 25.7 Å². The molecule has 0 aliphatic heterocycles. The Morgan fingerprint density at radius 2 is 1.66 bits per heavy atom.